The number of quaternary nitrogens is 1. The van der Waals surface area contributed by atoms with Crippen molar-refractivity contribution < 1.29 is 13.3 Å². The van der Waals surface area contributed by atoms with Crippen molar-refractivity contribution in [3.05, 3.63) is 27.7 Å². The summed E-state index contributed by atoms with van der Waals surface area (Å²) >= 11 is 9.35. The zero-order valence-corrected chi connectivity index (χ0v) is 15.4. The molecule has 1 heterocycles. The first-order valence-electron chi connectivity index (χ1n) is 7.03. The van der Waals surface area contributed by atoms with Gasteiger partial charge < -0.3 is 4.90 Å². The molecule has 2 rings (SSSR count). The smallest absolute Gasteiger partial charge is 0.244 e. The number of nitrogens with one attached hydrogen (secondary N) is 1. The number of rotatable bonds is 4. The van der Waals surface area contributed by atoms with Gasteiger partial charge in [-0.3, -0.25) is 0 Å². The fraction of sp³-hybridized carbons (Fsp3) is 0.500. The van der Waals surface area contributed by atoms with Crippen molar-refractivity contribution in [3.63, 3.8) is 0 Å². The van der Waals surface area contributed by atoms with E-state index in [-0.39, 0.29) is 15.8 Å². The quantitative estimate of drug-likeness (QED) is 0.814. The Labute approximate surface area is 144 Å². The highest BCUT2D eigenvalue weighted by molar-refractivity contribution is 9.10. The maximum Gasteiger partial charge on any atom is 0.244 e. The fourth-order valence-electron chi connectivity index (χ4n) is 2.55. The number of sulfonamides is 1. The second-order valence-electron chi connectivity index (χ2n) is 5.46. The van der Waals surface area contributed by atoms with Gasteiger partial charge in [0.25, 0.3) is 0 Å². The molecule has 1 saturated heterocycles. The van der Waals surface area contributed by atoms with Gasteiger partial charge in [-0.2, -0.15) is 9.57 Å². The van der Waals surface area contributed by atoms with Crippen LogP contribution >= 0.6 is 27.5 Å². The molecule has 0 spiro atoms. The third kappa shape index (κ3) is 4.00. The van der Waals surface area contributed by atoms with Gasteiger partial charge in [-0.05, 0) is 25.1 Å². The van der Waals surface area contributed by atoms with Crippen molar-refractivity contribution in [3.8, 4) is 6.07 Å². The van der Waals surface area contributed by atoms with E-state index >= 15 is 0 Å². The lowest BCUT2D eigenvalue weighted by atomic mass is 10.2. The molecule has 1 N–H and O–H groups in total. The number of nitrogens with zero attached hydrogens (tertiary/aromatic N) is 2. The molecule has 8 heteroatoms. The Morgan fingerprint density at radius 2 is 2.09 bits per heavy atom. The molecule has 120 valence electrons. The lowest BCUT2D eigenvalue weighted by Gasteiger charge is -2.32. The zero-order valence-electron chi connectivity index (χ0n) is 12.2. The van der Waals surface area contributed by atoms with Crippen LogP contribution in [0.5, 0.6) is 0 Å². The highest BCUT2D eigenvalue weighted by atomic mass is 79.9. The number of hydrogen-bond acceptors (Lipinski definition) is 3. The third-order valence-corrected chi connectivity index (χ3v) is 6.63. The number of hydrogen-bond donors (Lipinski definition) is 1. The molecular formula is C14H18BrClN3O2S+. The first-order chi connectivity index (χ1) is 10.3. The Hall–Kier alpha value is -0.650. The van der Waals surface area contributed by atoms with E-state index in [1.807, 2.05) is 6.92 Å². The van der Waals surface area contributed by atoms with Crippen LogP contribution in [0.25, 0.3) is 0 Å². The van der Waals surface area contributed by atoms with Crippen LogP contribution in [0.4, 0.5) is 0 Å². The minimum Gasteiger partial charge on any atom is -0.332 e. The molecule has 1 aliphatic heterocycles. The van der Waals surface area contributed by atoms with Crippen LogP contribution in [0, 0.1) is 17.2 Å². The Kier molecular flexibility index (Phi) is 5.86. The number of halogens is 2. The summed E-state index contributed by atoms with van der Waals surface area (Å²) < 4.78 is 27.6. The summed E-state index contributed by atoms with van der Waals surface area (Å²) in [5.74, 6) is -0.0147. The zero-order chi connectivity index (χ0) is 16.3. The minimum absolute atomic E-state index is 0.0147. The molecule has 1 aromatic rings. The van der Waals surface area contributed by atoms with Crippen LogP contribution < -0.4 is 4.90 Å². The van der Waals surface area contributed by atoms with Crippen LogP contribution in [0.15, 0.2) is 27.6 Å². The van der Waals surface area contributed by atoms with E-state index in [2.05, 4.69) is 22.0 Å². The van der Waals surface area contributed by atoms with Gasteiger partial charge in [0.15, 0.2) is 0 Å². The van der Waals surface area contributed by atoms with Crippen molar-refractivity contribution in [2.24, 2.45) is 5.92 Å². The van der Waals surface area contributed by atoms with E-state index in [9.17, 15) is 8.42 Å². The highest BCUT2D eigenvalue weighted by Gasteiger charge is 2.32. The van der Waals surface area contributed by atoms with Crippen molar-refractivity contribution in [1.29, 1.82) is 5.26 Å². The summed E-state index contributed by atoms with van der Waals surface area (Å²) in [5, 5.41) is 9.08. The molecule has 1 aromatic carbocycles. The van der Waals surface area contributed by atoms with Gasteiger partial charge in [0.1, 0.15) is 4.90 Å². The Bertz CT molecular complexity index is 682. The average Bonchev–Trinajstić information content (AvgIpc) is 2.47. The van der Waals surface area contributed by atoms with Crippen molar-refractivity contribution in [2.45, 2.75) is 11.8 Å². The maximum absolute atomic E-state index is 12.7. The largest absolute Gasteiger partial charge is 0.332 e. The van der Waals surface area contributed by atoms with Gasteiger partial charge in [-0.1, -0.05) is 27.5 Å². The fourth-order valence-corrected chi connectivity index (χ4v) is 5.00. The lowest BCUT2D eigenvalue weighted by molar-refractivity contribution is -0.905. The van der Waals surface area contributed by atoms with Gasteiger partial charge in [0, 0.05) is 4.47 Å². The van der Waals surface area contributed by atoms with Gasteiger partial charge in [0.2, 0.25) is 10.0 Å². The lowest BCUT2D eigenvalue weighted by Crippen LogP contribution is -3.15. The van der Waals surface area contributed by atoms with Gasteiger partial charge in [-0.25, -0.2) is 8.42 Å². The predicted molar refractivity (Wildman–Crippen MR) is 88.3 cm³/mol. The second kappa shape index (κ2) is 7.28. The molecule has 1 aliphatic rings. The summed E-state index contributed by atoms with van der Waals surface area (Å²) in [6.45, 7) is 4.95. The molecule has 0 saturated carbocycles. The molecule has 0 radical (unpaired) electrons. The predicted octanol–water partition coefficient (Wildman–Crippen LogP) is 1.15. The van der Waals surface area contributed by atoms with E-state index in [4.69, 9.17) is 16.9 Å². The average molecular weight is 408 g/mol. The van der Waals surface area contributed by atoms with E-state index in [0.29, 0.717) is 26.2 Å². The van der Waals surface area contributed by atoms with Crippen LogP contribution in [0.3, 0.4) is 0 Å². The van der Waals surface area contributed by atoms with E-state index in [1.165, 1.54) is 15.3 Å². The van der Waals surface area contributed by atoms with Crippen LogP contribution in [0.1, 0.15) is 6.92 Å². The van der Waals surface area contributed by atoms with E-state index in [0.717, 1.165) is 11.0 Å². The van der Waals surface area contributed by atoms with Gasteiger partial charge in [-0.15, -0.1) is 0 Å². The molecule has 0 bridgehead atoms. The number of piperazine rings is 1. The Morgan fingerprint density at radius 1 is 1.45 bits per heavy atom. The number of benzene rings is 1. The molecule has 5 nitrogen and oxygen atoms in total. The molecule has 22 heavy (non-hydrogen) atoms. The molecule has 0 amide bonds. The summed E-state index contributed by atoms with van der Waals surface area (Å²) in [6.07, 6.45) is 0. The maximum atomic E-state index is 12.7. The Balaban J connectivity index is 2.08. The standard InChI is InChI=1S/C14H17BrClN3O2S/c1-11(9-17)10-18-4-6-19(7-5-18)22(20,21)14-3-2-12(15)8-13(14)16/h2-3,8,11H,4-7,10H2,1H3/p+1/t11-/m0/s1. The molecule has 0 unspecified atom stereocenters. The SMILES string of the molecule is C[C@@H](C#N)C[NH+]1CCN(S(=O)(=O)c2ccc(Br)cc2Cl)CC1. The molecule has 0 aliphatic carbocycles. The monoisotopic (exact) mass is 406 g/mol. The number of nitriles is 1. The summed E-state index contributed by atoms with van der Waals surface area (Å²) in [6, 6.07) is 7.01. The first-order valence-corrected chi connectivity index (χ1v) is 9.64. The first kappa shape index (κ1) is 17.7. The van der Waals surface area contributed by atoms with Gasteiger partial charge in [0.05, 0.1) is 49.7 Å². The topological polar surface area (TPSA) is 65.6 Å². The normalized spacial score (nSPS) is 18.8. The van der Waals surface area contributed by atoms with Crippen molar-refractivity contribution >= 4 is 37.6 Å². The summed E-state index contributed by atoms with van der Waals surface area (Å²) in [5.41, 5.74) is 0. The Morgan fingerprint density at radius 3 is 2.64 bits per heavy atom. The van der Waals surface area contributed by atoms with E-state index in [1.54, 1.807) is 12.1 Å². The third-order valence-electron chi connectivity index (χ3n) is 3.76. The van der Waals surface area contributed by atoms with Crippen molar-refractivity contribution in [1.82, 2.24) is 4.31 Å². The summed E-state index contributed by atoms with van der Waals surface area (Å²) in [7, 11) is -3.56. The second-order valence-corrected chi connectivity index (χ2v) is 8.69. The minimum atomic E-state index is -3.56. The van der Waals surface area contributed by atoms with Crippen LogP contribution in [-0.4, -0.2) is 45.4 Å². The van der Waals surface area contributed by atoms with Crippen molar-refractivity contribution in [2.75, 3.05) is 32.7 Å². The van der Waals surface area contributed by atoms with E-state index < -0.39 is 10.0 Å². The van der Waals surface area contributed by atoms with Gasteiger partial charge >= 0.3 is 0 Å². The summed E-state index contributed by atoms with van der Waals surface area (Å²) in [4.78, 5) is 1.41. The van der Waals surface area contributed by atoms with Crippen LogP contribution in [0.2, 0.25) is 5.02 Å². The molecule has 1 fully saturated rings. The molecule has 0 aromatic heterocycles. The highest BCUT2D eigenvalue weighted by Crippen LogP contribution is 2.27. The van der Waals surface area contributed by atoms with Crippen LogP contribution in [-0.2, 0) is 10.0 Å². The molecular weight excluding hydrogens is 390 g/mol. The molecule has 1 atom stereocenters.